The highest BCUT2D eigenvalue weighted by Gasteiger charge is 2.15. The SMILES string of the molecule is N#Cc1cc(F)cc(I)c1C(=O)CBr. The van der Waals surface area contributed by atoms with Gasteiger partial charge in [0, 0.05) is 9.13 Å². The number of ketones is 1. The highest BCUT2D eigenvalue weighted by Crippen LogP contribution is 2.19. The Labute approximate surface area is 102 Å². The van der Waals surface area contributed by atoms with Crippen molar-refractivity contribution in [3.8, 4) is 6.07 Å². The minimum absolute atomic E-state index is 0.0823. The first kappa shape index (κ1) is 11.6. The smallest absolute Gasteiger partial charge is 0.175 e. The maximum atomic E-state index is 12.9. The molecule has 0 atom stereocenters. The van der Waals surface area contributed by atoms with Crippen LogP contribution in [-0.4, -0.2) is 11.1 Å². The van der Waals surface area contributed by atoms with Gasteiger partial charge in [-0.2, -0.15) is 5.26 Å². The average molecular weight is 368 g/mol. The lowest BCUT2D eigenvalue weighted by Crippen LogP contribution is -2.06. The first-order valence-electron chi connectivity index (χ1n) is 3.58. The number of benzene rings is 1. The quantitative estimate of drug-likeness (QED) is 0.458. The fourth-order valence-corrected chi connectivity index (χ4v) is 2.18. The summed E-state index contributed by atoms with van der Waals surface area (Å²) in [5, 5.41) is 8.85. The van der Waals surface area contributed by atoms with Crippen molar-refractivity contribution < 1.29 is 9.18 Å². The Morgan fingerprint density at radius 1 is 1.64 bits per heavy atom. The Morgan fingerprint density at radius 3 is 2.79 bits per heavy atom. The summed E-state index contributed by atoms with van der Waals surface area (Å²) in [6, 6.07) is 4.11. The molecule has 0 bridgehead atoms. The van der Waals surface area contributed by atoms with Crippen molar-refractivity contribution in [1.82, 2.24) is 0 Å². The third-order valence-electron chi connectivity index (χ3n) is 1.58. The topological polar surface area (TPSA) is 40.9 Å². The molecular formula is C9H4BrFINO. The van der Waals surface area contributed by atoms with Crippen LogP contribution >= 0.6 is 38.5 Å². The standard InChI is InChI=1S/C9H4BrFINO/c10-3-8(14)9-5(4-13)1-6(11)2-7(9)12/h1-2H,3H2. The Morgan fingerprint density at radius 2 is 2.29 bits per heavy atom. The van der Waals surface area contributed by atoms with E-state index in [0.29, 0.717) is 3.57 Å². The first-order chi connectivity index (χ1) is 6.60. The maximum absolute atomic E-state index is 12.9. The van der Waals surface area contributed by atoms with Gasteiger partial charge in [0.15, 0.2) is 5.78 Å². The van der Waals surface area contributed by atoms with Crippen LogP contribution < -0.4 is 0 Å². The van der Waals surface area contributed by atoms with Crippen LogP contribution in [0, 0.1) is 20.7 Å². The van der Waals surface area contributed by atoms with Gasteiger partial charge in [-0.05, 0) is 34.7 Å². The highest BCUT2D eigenvalue weighted by atomic mass is 127. The molecule has 0 unspecified atom stereocenters. The van der Waals surface area contributed by atoms with Gasteiger partial charge in [-0.15, -0.1) is 0 Å². The molecule has 1 aromatic carbocycles. The van der Waals surface area contributed by atoms with E-state index >= 15 is 0 Å². The molecule has 0 aliphatic rings. The van der Waals surface area contributed by atoms with Crippen LogP contribution in [0.25, 0.3) is 0 Å². The fourth-order valence-electron chi connectivity index (χ4n) is 1.01. The van der Waals surface area contributed by atoms with Crippen LogP contribution in [0.5, 0.6) is 0 Å². The van der Waals surface area contributed by atoms with Gasteiger partial charge in [-0.3, -0.25) is 4.79 Å². The van der Waals surface area contributed by atoms with E-state index in [1.165, 1.54) is 6.07 Å². The number of nitrogens with zero attached hydrogens (tertiary/aromatic N) is 1. The number of Topliss-reactive ketones (excluding diaryl/α,β-unsaturated/α-hetero) is 1. The molecule has 0 aromatic heterocycles. The number of nitriles is 1. The molecule has 0 aliphatic carbocycles. The van der Waals surface area contributed by atoms with E-state index in [1.54, 1.807) is 6.07 Å². The van der Waals surface area contributed by atoms with Crippen LogP contribution in [0.15, 0.2) is 12.1 Å². The second kappa shape index (κ2) is 4.84. The monoisotopic (exact) mass is 367 g/mol. The molecule has 0 heterocycles. The third kappa shape index (κ3) is 2.30. The van der Waals surface area contributed by atoms with E-state index in [4.69, 9.17) is 5.26 Å². The molecule has 0 radical (unpaired) electrons. The number of halogens is 3. The van der Waals surface area contributed by atoms with Crippen molar-refractivity contribution in [3.63, 3.8) is 0 Å². The van der Waals surface area contributed by atoms with Crippen LogP contribution in [0.2, 0.25) is 0 Å². The molecular weight excluding hydrogens is 364 g/mol. The lowest BCUT2D eigenvalue weighted by Gasteiger charge is -2.03. The first-order valence-corrected chi connectivity index (χ1v) is 5.78. The van der Waals surface area contributed by atoms with E-state index in [-0.39, 0.29) is 22.2 Å². The van der Waals surface area contributed by atoms with Crippen LogP contribution in [0.1, 0.15) is 15.9 Å². The van der Waals surface area contributed by atoms with Crippen molar-refractivity contribution in [1.29, 1.82) is 5.26 Å². The second-order valence-corrected chi connectivity index (χ2v) is 4.20. The van der Waals surface area contributed by atoms with Crippen molar-refractivity contribution >= 4 is 44.3 Å². The largest absolute Gasteiger partial charge is 0.293 e. The Hall–Kier alpha value is -0.480. The fraction of sp³-hybridized carbons (Fsp3) is 0.111. The van der Waals surface area contributed by atoms with Gasteiger partial charge in [0.25, 0.3) is 0 Å². The molecule has 0 saturated carbocycles. The molecule has 5 heteroatoms. The molecule has 0 spiro atoms. The van der Waals surface area contributed by atoms with Crippen LogP contribution in [-0.2, 0) is 0 Å². The van der Waals surface area contributed by atoms with Gasteiger partial charge >= 0.3 is 0 Å². The number of carbonyl (C=O) groups is 1. The van der Waals surface area contributed by atoms with E-state index in [9.17, 15) is 9.18 Å². The van der Waals surface area contributed by atoms with Crippen molar-refractivity contribution in [2.45, 2.75) is 0 Å². The van der Waals surface area contributed by atoms with E-state index in [1.807, 2.05) is 22.6 Å². The maximum Gasteiger partial charge on any atom is 0.175 e. The number of carbonyl (C=O) groups excluding carboxylic acids is 1. The Balaban J connectivity index is 3.42. The molecule has 0 N–H and O–H groups in total. The van der Waals surface area contributed by atoms with Crippen molar-refractivity contribution in [3.05, 3.63) is 32.6 Å². The van der Waals surface area contributed by atoms with Gasteiger partial charge in [0.1, 0.15) is 11.9 Å². The average Bonchev–Trinajstić information content (AvgIpc) is 2.15. The minimum Gasteiger partial charge on any atom is -0.293 e. The molecule has 1 rings (SSSR count). The van der Waals surface area contributed by atoms with Crippen LogP contribution in [0.3, 0.4) is 0 Å². The number of alkyl halides is 1. The molecule has 0 amide bonds. The summed E-state index contributed by atoms with van der Waals surface area (Å²) >= 11 is 4.85. The van der Waals surface area contributed by atoms with E-state index < -0.39 is 5.82 Å². The molecule has 1 aromatic rings. The predicted octanol–water partition coefficient (Wildman–Crippen LogP) is 2.88. The van der Waals surface area contributed by atoms with E-state index in [0.717, 1.165) is 6.07 Å². The molecule has 0 saturated heterocycles. The lowest BCUT2D eigenvalue weighted by atomic mass is 10.1. The third-order valence-corrected chi connectivity index (χ3v) is 2.94. The molecule has 2 nitrogen and oxygen atoms in total. The predicted molar refractivity (Wildman–Crippen MR) is 62.0 cm³/mol. The van der Waals surface area contributed by atoms with Crippen molar-refractivity contribution in [2.75, 3.05) is 5.33 Å². The van der Waals surface area contributed by atoms with Crippen LogP contribution in [0.4, 0.5) is 4.39 Å². The lowest BCUT2D eigenvalue weighted by molar-refractivity contribution is 0.102. The number of hydrogen-bond acceptors (Lipinski definition) is 2. The Kier molecular flexibility index (Phi) is 4.01. The van der Waals surface area contributed by atoms with E-state index in [2.05, 4.69) is 15.9 Å². The van der Waals surface area contributed by atoms with Gasteiger partial charge in [-0.25, -0.2) is 4.39 Å². The number of hydrogen-bond donors (Lipinski definition) is 0. The number of rotatable bonds is 2. The Bertz CT molecular complexity index is 428. The molecule has 14 heavy (non-hydrogen) atoms. The van der Waals surface area contributed by atoms with Gasteiger partial charge < -0.3 is 0 Å². The summed E-state index contributed by atoms with van der Waals surface area (Å²) < 4.78 is 13.3. The molecule has 72 valence electrons. The summed E-state index contributed by atoms with van der Waals surface area (Å²) in [5.41, 5.74) is 0.366. The second-order valence-electron chi connectivity index (χ2n) is 2.48. The zero-order valence-electron chi connectivity index (χ0n) is 6.85. The van der Waals surface area contributed by atoms with Gasteiger partial charge in [0.2, 0.25) is 0 Å². The summed E-state index contributed by atoms with van der Waals surface area (Å²) in [7, 11) is 0. The zero-order valence-corrected chi connectivity index (χ0v) is 10.6. The summed E-state index contributed by atoms with van der Waals surface area (Å²) in [6.45, 7) is 0. The van der Waals surface area contributed by atoms with Gasteiger partial charge in [-0.1, -0.05) is 15.9 Å². The zero-order chi connectivity index (χ0) is 10.7. The normalized spacial score (nSPS) is 9.57. The molecule has 0 fully saturated rings. The van der Waals surface area contributed by atoms with Crippen molar-refractivity contribution in [2.24, 2.45) is 0 Å². The summed E-state index contributed by atoms with van der Waals surface area (Å²) in [6.07, 6.45) is 0. The van der Waals surface area contributed by atoms with Gasteiger partial charge in [0.05, 0.1) is 10.9 Å². The summed E-state index contributed by atoms with van der Waals surface area (Å²) in [4.78, 5) is 11.4. The highest BCUT2D eigenvalue weighted by molar-refractivity contribution is 14.1. The molecule has 0 aliphatic heterocycles. The summed E-state index contributed by atoms with van der Waals surface area (Å²) in [5.74, 6) is -0.719. The minimum atomic E-state index is -0.503.